The van der Waals surface area contributed by atoms with Crippen molar-refractivity contribution in [3.8, 4) is 0 Å². The monoisotopic (exact) mass is 401 g/mol. The van der Waals surface area contributed by atoms with Crippen LogP contribution in [0.5, 0.6) is 0 Å². The largest absolute Gasteiger partial charge is 0.368 e. The quantitative estimate of drug-likeness (QED) is 0.427. The molecular formula is C20H29N6O3+. The number of quaternary nitrogens is 1. The first kappa shape index (κ1) is 20.7. The molecule has 156 valence electrons. The summed E-state index contributed by atoms with van der Waals surface area (Å²) in [6.07, 6.45) is 2.10. The standard InChI is InChI=1S/C20H28N6O3/c1-12(2)24-20(29)26-8-7-22-11-17(26)19(28)25-16(18(21)27)9-13-10-23-15-6-4-3-5-14(13)15/h3-6,10,12,16-17,22-23H,7-9,11H2,1-2H3,(H2,21,27)(H,24,29)(H,25,28)/p+1/t16-,17-/m1/s1. The summed E-state index contributed by atoms with van der Waals surface area (Å²) in [5, 5.41) is 8.56. The number of hydrogen-bond donors (Lipinski definition) is 5. The average molecular weight is 401 g/mol. The van der Waals surface area contributed by atoms with Crippen LogP contribution in [0.3, 0.4) is 0 Å². The molecule has 9 heteroatoms. The van der Waals surface area contributed by atoms with Crippen molar-refractivity contribution < 1.29 is 19.7 Å². The third kappa shape index (κ3) is 4.86. The molecule has 0 spiro atoms. The first-order valence-corrected chi connectivity index (χ1v) is 9.90. The summed E-state index contributed by atoms with van der Waals surface area (Å²) in [6, 6.07) is 5.91. The molecule has 0 aliphatic carbocycles. The predicted molar refractivity (Wildman–Crippen MR) is 109 cm³/mol. The number of carbonyl (C=O) groups is 3. The van der Waals surface area contributed by atoms with Crippen LogP contribution in [0.25, 0.3) is 10.9 Å². The molecule has 0 radical (unpaired) electrons. The fraction of sp³-hybridized carbons (Fsp3) is 0.450. The number of aromatic amines is 1. The summed E-state index contributed by atoms with van der Waals surface area (Å²) in [5.41, 5.74) is 7.42. The van der Waals surface area contributed by atoms with Gasteiger partial charge in [0.1, 0.15) is 12.6 Å². The molecule has 1 aromatic heterocycles. The average Bonchev–Trinajstić information content (AvgIpc) is 3.10. The number of nitrogens with zero attached hydrogens (tertiary/aromatic N) is 1. The van der Waals surface area contributed by atoms with Crippen LogP contribution >= 0.6 is 0 Å². The number of urea groups is 1. The van der Waals surface area contributed by atoms with E-state index in [4.69, 9.17) is 5.73 Å². The Morgan fingerprint density at radius 3 is 2.76 bits per heavy atom. The smallest absolute Gasteiger partial charge is 0.318 e. The Balaban J connectivity index is 1.73. The van der Waals surface area contributed by atoms with Gasteiger partial charge in [-0.1, -0.05) is 18.2 Å². The first-order valence-electron chi connectivity index (χ1n) is 9.90. The Hall–Kier alpha value is -3.07. The van der Waals surface area contributed by atoms with Crippen molar-refractivity contribution in [2.45, 2.75) is 38.4 Å². The van der Waals surface area contributed by atoms with Gasteiger partial charge in [-0.05, 0) is 25.5 Å². The van der Waals surface area contributed by atoms with Gasteiger partial charge in [-0.15, -0.1) is 0 Å². The summed E-state index contributed by atoms with van der Waals surface area (Å²) in [6.45, 7) is 5.36. The Labute approximate surface area is 169 Å². The fourth-order valence-corrected chi connectivity index (χ4v) is 3.62. The van der Waals surface area contributed by atoms with Crippen LogP contribution in [0.1, 0.15) is 19.4 Å². The molecule has 0 unspecified atom stereocenters. The highest BCUT2D eigenvalue weighted by molar-refractivity contribution is 5.92. The molecule has 7 N–H and O–H groups in total. The van der Waals surface area contributed by atoms with E-state index in [0.29, 0.717) is 13.1 Å². The van der Waals surface area contributed by atoms with Gasteiger partial charge in [-0.25, -0.2) is 4.79 Å². The second-order valence-electron chi connectivity index (χ2n) is 7.65. The normalized spacial score (nSPS) is 17.9. The van der Waals surface area contributed by atoms with Crippen LogP contribution in [0.2, 0.25) is 0 Å². The van der Waals surface area contributed by atoms with Gasteiger partial charge in [0.15, 0.2) is 6.04 Å². The van der Waals surface area contributed by atoms with E-state index < -0.39 is 18.0 Å². The molecule has 0 saturated carbocycles. The Kier molecular flexibility index (Phi) is 6.38. The van der Waals surface area contributed by atoms with Crippen molar-refractivity contribution in [2.24, 2.45) is 5.73 Å². The maximum absolute atomic E-state index is 12.9. The highest BCUT2D eigenvalue weighted by Crippen LogP contribution is 2.19. The Bertz CT molecular complexity index is 893. The van der Waals surface area contributed by atoms with E-state index in [0.717, 1.165) is 23.0 Å². The summed E-state index contributed by atoms with van der Waals surface area (Å²) in [7, 11) is 0. The van der Waals surface area contributed by atoms with E-state index >= 15 is 0 Å². The van der Waals surface area contributed by atoms with Crippen LogP contribution in [-0.4, -0.2) is 65.5 Å². The number of nitrogens with one attached hydrogen (secondary N) is 3. The maximum Gasteiger partial charge on any atom is 0.318 e. The number of amides is 4. The number of rotatable bonds is 6. The number of carbonyl (C=O) groups excluding carboxylic acids is 3. The second kappa shape index (κ2) is 8.95. The SMILES string of the molecule is CC(C)NC(=O)N1CC[NH2+]C[C@@H]1C(=O)N[C@H](Cc1c[nH]c2ccccc12)C(N)=O. The van der Waals surface area contributed by atoms with E-state index in [2.05, 4.69) is 15.6 Å². The van der Waals surface area contributed by atoms with Crippen LogP contribution in [0.15, 0.2) is 30.5 Å². The number of fused-ring (bicyclic) bond motifs is 1. The number of nitrogens with two attached hydrogens (primary N) is 2. The second-order valence-corrected chi connectivity index (χ2v) is 7.65. The van der Waals surface area contributed by atoms with E-state index in [-0.39, 0.29) is 24.4 Å². The number of hydrogen-bond acceptors (Lipinski definition) is 3. The molecule has 3 rings (SSSR count). The molecule has 1 saturated heterocycles. The van der Waals surface area contributed by atoms with Gasteiger partial charge in [0.05, 0.1) is 13.1 Å². The lowest BCUT2D eigenvalue weighted by atomic mass is 10.0. The zero-order valence-electron chi connectivity index (χ0n) is 16.8. The van der Waals surface area contributed by atoms with Gasteiger partial charge in [0.25, 0.3) is 0 Å². The zero-order valence-corrected chi connectivity index (χ0v) is 16.8. The summed E-state index contributed by atoms with van der Waals surface area (Å²) in [4.78, 5) is 42.1. The Morgan fingerprint density at radius 2 is 2.03 bits per heavy atom. The van der Waals surface area contributed by atoms with E-state index in [1.807, 2.05) is 49.6 Å². The molecule has 1 aliphatic rings. The van der Waals surface area contributed by atoms with Crippen LogP contribution in [0, 0.1) is 0 Å². The summed E-state index contributed by atoms with van der Waals surface area (Å²) < 4.78 is 0. The van der Waals surface area contributed by atoms with E-state index in [1.54, 1.807) is 0 Å². The third-order valence-electron chi connectivity index (χ3n) is 5.07. The molecule has 2 aromatic rings. The van der Waals surface area contributed by atoms with Gasteiger partial charge in [0, 0.05) is 29.6 Å². The van der Waals surface area contributed by atoms with Gasteiger partial charge in [0.2, 0.25) is 11.8 Å². The lowest BCUT2D eigenvalue weighted by Crippen LogP contribution is -2.93. The van der Waals surface area contributed by atoms with Crippen LogP contribution in [-0.2, 0) is 16.0 Å². The minimum Gasteiger partial charge on any atom is -0.368 e. The van der Waals surface area contributed by atoms with Crippen molar-refractivity contribution in [2.75, 3.05) is 19.6 Å². The number of H-pyrrole nitrogens is 1. The number of para-hydroxylation sites is 1. The molecule has 4 amide bonds. The highest BCUT2D eigenvalue weighted by Gasteiger charge is 2.36. The predicted octanol–water partition coefficient (Wildman–Crippen LogP) is -0.954. The molecule has 1 aliphatic heterocycles. The van der Waals surface area contributed by atoms with Crippen molar-refractivity contribution in [3.63, 3.8) is 0 Å². The molecule has 2 heterocycles. The molecule has 2 atom stereocenters. The lowest BCUT2D eigenvalue weighted by molar-refractivity contribution is -0.665. The number of primary amides is 1. The number of aromatic nitrogens is 1. The molecule has 1 aromatic carbocycles. The van der Waals surface area contributed by atoms with Gasteiger partial charge < -0.3 is 31.6 Å². The molecule has 29 heavy (non-hydrogen) atoms. The zero-order chi connectivity index (χ0) is 21.0. The minimum absolute atomic E-state index is 0.0302. The molecule has 0 bridgehead atoms. The molecular weight excluding hydrogens is 372 g/mol. The summed E-state index contributed by atoms with van der Waals surface area (Å²) in [5.74, 6) is -0.981. The number of piperazine rings is 1. The topological polar surface area (TPSA) is 137 Å². The van der Waals surface area contributed by atoms with Crippen molar-refractivity contribution in [3.05, 3.63) is 36.0 Å². The van der Waals surface area contributed by atoms with Crippen molar-refractivity contribution in [1.29, 1.82) is 0 Å². The van der Waals surface area contributed by atoms with E-state index in [1.165, 1.54) is 4.90 Å². The van der Waals surface area contributed by atoms with Crippen molar-refractivity contribution in [1.82, 2.24) is 20.5 Å². The fourth-order valence-electron chi connectivity index (χ4n) is 3.62. The van der Waals surface area contributed by atoms with Crippen molar-refractivity contribution >= 4 is 28.7 Å². The van der Waals surface area contributed by atoms with Gasteiger partial charge in [-0.2, -0.15) is 0 Å². The van der Waals surface area contributed by atoms with E-state index in [9.17, 15) is 14.4 Å². The Morgan fingerprint density at radius 1 is 1.28 bits per heavy atom. The third-order valence-corrected chi connectivity index (χ3v) is 5.07. The van der Waals surface area contributed by atoms with Gasteiger partial charge in [-0.3, -0.25) is 9.59 Å². The lowest BCUT2D eigenvalue weighted by Gasteiger charge is -2.34. The van der Waals surface area contributed by atoms with Crippen LogP contribution in [0.4, 0.5) is 4.79 Å². The molecule has 9 nitrogen and oxygen atoms in total. The van der Waals surface area contributed by atoms with Gasteiger partial charge >= 0.3 is 6.03 Å². The maximum atomic E-state index is 12.9. The van der Waals surface area contributed by atoms with Crippen LogP contribution < -0.4 is 21.7 Å². The first-order chi connectivity index (χ1) is 13.9. The number of benzene rings is 1. The minimum atomic E-state index is -0.862. The highest BCUT2D eigenvalue weighted by atomic mass is 16.2. The summed E-state index contributed by atoms with van der Waals surface area (Å²) >= 11 is 0. The molecule has 1 fully saturated rings.